The van der Waals surface area contributed by atoms with E-state index in [4.69, 9.17) is 16.6 Å². The summed E-state index contributed by atoms with van der Waals surface area (Å²) < 4.78 is 2.29. The molecule has 0 saturated carbocycles. The van der Waals surface area contributed by atoms with E-state index in [1.54, 1.807) is 0 Å². The van der Waals surface area contributed by atoms with Gasteiger partial charge in [0, 0.05) is 21.7 Å². The van der Waals surface area contributed by atoms with Crippen molar-refractivity contribution in [3.63, 3.8) is 0 Å². The van der Waals surface area contributed by atoms with Crippen molar-refractivity contribution in [3.05, 3.63) is 53.6 Å². The van der Waals surface area contributed by atoms with Gasteiger partial charge >= 0.3 is 0 Å². The van der Waals surface area contributed by atoms with Crippen molar-refractivity contribution >= 4 is 44.4 Å². The van der Waals surface area contributed by atoms with Crippen molar-refractivity contribution in [3.8, 4) is 0 Å². The van der Waals surface area contributed by atoms with E-state index in [9.17, 15) is 0 Å². The Balaban J connectivity index is 2.35. The quantitative estimate of drug-likeness (QED) is 0.404. The molecular weight excluding hydrogens is 292 g/mol. The van der Waals surface area contributed by atoms with E-state index in [0.717, 1.165) is 32.3 Å². The number of pyridine rings is 1. The first-order valence-electron chi connectivity index (χ1n) is 7.46. The third-order valence-electron chi connectivity index (χ3n) is 4.11. The maximum Gasteiger partial charge on any atom is 0.143 e. The van der Waals surface area contributed by atoms with Crippen LogP contribution >= 0.6 is 11.6 Å². The van der Waals surface area contributed by atoms with Crippen LogP contribution in [-0.4, -0.2) is 9.55 Å². The fourth-order valence-corrected chi connectivity index (χ4v) is 3.58. The minimum Gasteiger partial charge on any atom is -0.320 e. The summed E-state index contributed by atoms with van der Waals surface area (Å²) in [6.45, 7) is 6.59. The molecule has 22 heavy (non-hydrogen) atoms. The summed E-state index contributed by atoms with van der Waals surface area (Å²) in [6.07, 6.45) is 0. The molecule has 0 aliphatic carbocycles. The van der Waals surface area contributed by atoms with E-state index in [1.807, 2.05) is 24.3 Å². The lowest BCUT2D eigenvalue weighted by Gasteiger charge is -2.23. The van der Waals surface area contributed by atoms with Gasteiger partial charge in [-0.05, 0) is 32.9 Å². The van der Waals surface area contributed by atoms with Crippen LogP contribution in [0.3, 0.4) is 0 Å². The predicted octanol–water partition coefficient (Wildman–Crippen LogP) is 5.75. The molecule has 0 fully saturated rings. The van der Waals surface area contributed by atoms with Gasteiger partial charge in [0.2, 0.25) is 0 Å². The maximum atomic E-state index is 6.76. The third-order valence-corrected chi connectivity index (χ3v) is 4.50. The van der Waals surface area contributed by atoms with Gasteiger partial charge in [0.1, 0.15) is 5.65 Å². The van der Waals surface area contributed by atoms with Crippen molar-refractivity contribution < 1.29 is 0 Å². The highest BCUT2D eigenvalue weighted by Gasteiger charge is 2.23. The summed E-state index contributed by atoms with van der Waals surface area (Å²) in [4.78, 5) is 4.92. The van der Waals surface area contributed by atoms with Crippen LogP contribution in [0, 0.1) is 0 Å². The first-order chi connectivity index (χ1) is 10.5. The topological polar surface area (TPSA) is 17.8 Å². The molecule has 0 spiro atoms. The minimum absolute atomic E-state index is 0.0693. The largest absolute Gasteiger partial charge is 0.320 e. The number of benzene rings is 2. The van der Waals surface area contributed by atoms with E-state index in [1.165, 1.54) is 5.52 Å². The minimum atomic E-state index is -0.0693. The van der Waals surface area contributed by atoms with Gasteiger partial charge in [-0.15, -0.1) is 0 Å². The smallest absolute Gasteiger partial charge is 0.143 e. The molecule has 2 aromatic carbocycles. The Labute approximate surface area is 134 Å². The Morgan fingerprint density at radius 2 is 1.55 bits per heavy atom. The normalized spacial score (nSPS) is 12.5. The number of hydrogen-bond acceptors (Lipinski definition) is 1. The van der Waals surface area contributed by atoms with Crippen molar-refractivity contribution in [1.82, 2.24) is 9.55 Å². The molecule has 0 aliphatic heterocycles. The summed E-state index contributed by atoms with van der Waals surface area (Å²) in [7, 11) is 0. The van der Waals surface area contributed by atoms with E-state index in [0.29, 0.717) is 0 Å². The Morgan fingerprint density at radius 1 is 0.909 bits per heavy atom. The molecule has 0 unspecified atom stereocenters. The van der Waals surface area contributed by atoms with Crippen LogP contribution in [0.25, 0.3) is 32.8 Å². The molecule has 0 aliphatic rings. The van der Waals surface area contributed by atoms with Gasteiger partial charge in [-0.1, -0.05) is 48.0 Å². The highest BCUT2D eigenvalue weighted by atomic mass is 35.5. The lowest BCUT2D eigenvalue weighted by molar-refractivity contribution is 0.421. The zero-order valence-corrected chi connectivity index (χ0v) is 13.6. The van der Waals surface area contributed by atoms with Crippen molar-refractivity contribution in [1.29, 1.82) is 0 Å². The monoisotopic (exact) mass is 308 g/mol. The van der Waals surface area contributed by atoms with Crippen LogP contribution in [-0.2, 0) is 5.54 Å². The van der Waals surface area contributed by atoms with Crippen LogP contribution in [0.4, 0.5) is 0 Å². The molecule has 0 radical (unpaired) electrons. The SMILES string of the molecule is CC(C)(C)n1c2ccccc2c2c(Cl)c3ccccc3nc21. The summed E-state index contributed by atoms with van der Waals surface area (Å²) in [5.41, 5.74) is 3.00. The number of nitrogens with zero attached hydrogens (tertiary/aromatic N) is 2. The number of aromatic nitrogens is 2. The van der Waals surface area contributed by atoms with Crippen LogP contribution in [0.2, 0.25) is 5.02 Å². The number of hydrogen-bond donors (Lipinski definition) is 0. The second-order valence-electron chi connectivity index (χ2n) is 6.66. The maximum absolute atomic E-state index is 6.76. The second kappa shape index (κ2) is 4.47. The van der Waals surface area contributed by atoms with Gasteiger partial charge in [0.25, 0.3) is 0 Å². The van der Waals surface area contributed by atoms with Crippen molar-refractivity contribution in [2.75, 3.05) is 0 Å². The summed E-state index contributed by atoms with van der Waals surface area (Å²) >= 11 is 6.76. The lowest BCUT2D eigenvalue weighted by Crippen LogP contribution is -2.21. The predicted molar refractivity (Wildman–Crippen MR) is 94.8 cm³/mol. The first-order valence-corrected chi connectivity index (χ1v) is 7.84. The average molecular weight is 309 g/mol. The van der Waals surface area contributed by atoms with E-state index < -0.39 is 0 Å². The fraction of sp³-hybridized carbons (Fsp3) is 0.211. The van der Waals surface area contributed by atoms with Gasteiger partial charge in [-0.2, -0.15) is 0 Å². The average Bonchev–Trinajstić information content (AvgIpc) is 2.81. The molecular formula is C19H17ClN2. The highest BCUT2D eigenvalue weighted by molar-refractivity contribution is 6.42. The Bertz CT molecular complexity index is 1020. The number of fused-ring (bicyclic) bond motifs is 4. The molecule has 4 rings (SSSR count). The molecule has 0 amide bonds. The van der Waals surface area contributed by atoms with E-state index in [2.05, 4.69) is 49.6 Å². The lowest BCUT2D eigenvalue weighted by atomic mass is 10.1. The molecule has 0 atom stereocenters. The van der Waals surface area contributed by atoms with Gasteiger partial charge in [-0.3, -0.25) is 0 Å². The zero-order chi connectivity index (χ0) is 15.5. The fourth-order valence-electron chi connectivity index (χ4n) is 3.23. The Hall–Kier alpha value is -2.06. The summed E-state index contributed by atoms with van der Waals surface area (Å²) in [5.74, 6) is 0. The molecule has 2 aromatic heterocycles. The van der Waals surface area contributed by atoms with Crippen LogP contribution in [0.15, 0.2) is 48.5 Å². The van der Waals surface area contributed by atoms with Crippen molar-refractivity contribution in [2.24, 2.45) is 0 Å². The highest BCUT2D eigenvalue weighted by Crippen LogP contribution is 2.39. The molecule has 2 heterocycles. The first kappa shape index (κ1) is 13.6. The zero-order valence-electron chi connectivity index (χ0n) is 12.9. The van der Waals surface area contributed by atoms with Crippen LogP contribution in [0.1, 0.15) is 20.8 Å². The second-order valence-corrected chi connectivity index (χ2v) is 7.04. The molecule has 4 aromatic rings. The number of para-hydroxylation sites is 2. The molecule has 2 nitrogen and oxygen atoms in total. The van der Waals surface area contributed by atoms with Crippen LogP contribution in [0.5, 0.6) is 0 Å². The van der Waals surface area contributed by atoms with E-state index in [-0.39, 0.29) is 5.54 Å². The van der Waals surface area contributed by atoms with Gasteiger partial charge in [0.15, 0.2) is 0 Å². The summed E-state index contributed by atoms with van der Waals surface area (Å²) in [5, 5.41) is 4.01. The molecule has 3 heteroatoms. The molecule has 0 N–H and O–H groups in total. The van der Waals surface area contributed by atoms with E-state index >= 15 is 0 Å². The number of halogens is 1. The molecule has 110 valence electrons. The van der Waals surface area contributed by atoms with Gasteiger partial charge in [-0.25, -0.2) is 4.98 Å². The Morgan fingerprint density at radius 3 is 2.27 bits per heavy atom. The standard InChI is InChI=1S/C19H17ClN2/c1-19(2,3)22-15-11-7-5-9-13(15)16-17(20)12-8-4-6-10-14(12)21-18(16)22/h4-11H,1-3H3. The third kappa shape index (κ3) is 1.77. The molecule has 0 saturated heterocycles. The van der Waals surface area contributed by atoms with Crippen LogP contribution < -0.4 is 0 Å². The van der Waals surface area contributed by atoms with Gasteiger partial charge in [0.05, 0.1) is 16.1 Å². The van der Waals surface area contributed by atoms with Crippen molar-refractivity contribution in [2.45, 2.75) is 26.3 Å². The molecule has 0 bridgehead atoms. The van der Waals surface area contributed by atoms with Gasteiger partial charge < -0.3 is 4.57 Å². The number of rotatable bonds is 0. The summed E-state index contributed by atoms with van der Waals surface area (Å²) in [6, 6.07) is 16.5. The Kier molecular flexibility index (Phi) is 2.76.